The maximum atomic E-state index is 5.27. The van der Waals surface area contributed by atoms with E-state index in [9.17, 15) is 0 Å². The molecule has 3 rings (SSSR count). The van der Waals surface area contributed by atoms with Gasteiger partial charge in [0.05, 0.1) is 7.11 Å². The number of nitrogens with zero attached hydrogens (tertiary/aromatic N) is 4. The van der Waals surface area contributed by atoms with E-state index in [2.05, 4.69) is 15.2 Å². The average Bonchev–Trinajstić information content (AvgIpc) is 2.97. The van der Waals surface area contributed by atoms with Crippen LogP contribution in [0.4, 0.5) is 0 Å². The molecule has 0 fully saturated rings. The first kappa shape index (κ1) is 15.6. The van der Waals surface area contributed by atoms with E-state index < -0.39 is 0 Å². The van der Waals surface area contributed by atoms with Gasteiger partial charge in [0.25, 0.3) is 0 Å². The standard InChI is InChI=1S/C17H18N4OS/c1-21-16(13-6-5-8-15(12-13)22-2)19-20-17(21)23-11-9-14-7-3-4-10-18-14/h3-8,10,12H,9,11H2,1-2H3. The van der Waals surface area contributed by atoms with E-state index in [-0.39, 0.29) is 0 Å². The Bertz CT molecular complexity index is 773. The van der Waals surface area contributed by atoms with Crippen molar-refractivity contribution in [3.05, 3.63) is 54.4 Å². The molecular weight excluding hydrogens is 308 g/mol. The highest BCUT2D eigenvalue weighted by Gasteiger charge is 2.11. The lowest BCUT2D eigenvalue weighted by Gasteiger charge is -2.05. The minimum absolute atomic E-state index is 0.815. The van der Waals surface area contributed by atoms with Gasteiger partial charge in [0.2, 0.25) is 0 Å². The molecule has 6 heteroatoms. The second kappa shape index (κ2) is 7.28. The van der Waals surface area contributed by atoms with E-state index in [4.69, 9.17) is 4.74 Å². The van der Waals surface area contributed by atoms with Crippen molar-refractivity contribution in [2.24, 2.45) is 7.05 Å². The van der Waals surface area contributed by atoms with Crippen LogP contribution in [0.25, 0.3) is 11.4 Å². The second-order valence-corrected chi connectivity index (χ2v) is 6.08. The van der Waals surface area contributed by atoms with Crippen LogP contribution in [0.5, 0.6) is 5.75 Å². The van der Waals surface area contributed by atoms with Gasteiger partial charge in [-0.25, -0.2) is 0 Å². The number of aromatic nitrogens is 4. The summed E-state index contributed by atoms with van der Waals surface area (Å²) < 4.78 is 7.28. The molecule has 5 nitrogen and oxygen atoms in total. The minimum atomic E-state index is 0.815. The molecule has 0 aliphatic rings. The van der Waals surface area contributed by atoms with E-state index in [0.717, 1.165) is 40.2 Å². The van der Waals surface area contributed by atoms with Crippen molar-refractivity contribution in [1.29, 1.82) is 0 Å². The van der Waals surface area contributed by atoms with Crippen LogP contribution in [0.2, 0.25) is 0 Å². The molecular formula is C17H18N4OS. The summed E-state index contributed by atoms with van der Waals surface area (Å²) in [4.78, 5) is 4.33. The van der Waals surface area contributed by atoms with Crippen LogP contribution in [0.1, 0.15) is 5.69 Å². The highest BCUT2D eigenvalue weighted by Crippen LogP contribution is 2.25. The fourth-order valence-electron chi connectivity index (χ4n) is 2.25. The number of hydrogen-bond donors (Lipinski definition) is 0. The van der Waals surface area contributed by atoms with Gasteiger partial charge in [0.15, 0.2) is 11.0 Å². The molecule has 3 aromatic rings. The SMILES string of the molecule is COc1cccc(-c2nnc(SCCc3ccccn3)n2C)c1. The normalized spacial score (nSPS) is 10.7. The fourth-order valence-corrected chi connectivity index (χ4v) is 3.12. The van der Waals surface area contributed by atoms with Crippen molar-refractivity contribution in [3.63, 3.8) is 0 Å². The smallest absolute Gasteiger partial charge is 0.191 e. The third-order valence-electron chi connectivity index (χ3n) is 3.48. The van der Waals surface area contributed by atoms with Gasteiger partial charge in [0.1, 0.15) is 5.75 Å². The molecule has 0 saturated carbocycles. The summed E-state index contributed by atoms with van der Waals surface area (Å²) in [7, 11) is 3.65. The Labute approximate surface area is 139 Å². The number of rotatable bonds is 6. The molecule has 0 amide bonds. The van der Waals surface area contributed by atoms with Gasteiger partial charge in [-0.05, 0) is 30.7 Å². The van der Waals surface area contributed by atoms with Crippen molar-refractivity contribution in [3.8, 4) is 17.1 Å². The predicted octanol–water partition coefficient (Wildman–Crippen LogP) is 3.22. The van der Waals surface area contributed by atoms with Crippen LogP contribution in [0.3, 0.4) is 0 Å². The Morgan fingerprint density at radius 1 is 1.13 bits per heavy atom. The highest BCUT2D eigenvalue weighted by molar-refractivity contribution is 7.99. The number of ether oxygens (including phenoxy) is 1. The molecule has 0 aliphatic carbocycles. The Kier molecular flexibility index (Phi) is 4.92. The Hall–Kier alpha value is -2.34. The molecule has 2 heterocycles. The van der Waals surface area contributed by atoms with Gasteiger partial charge < -0.3 is 9.30 Å². The molecule has 0 saturated heterocycles. The molecule has 0 N–H and O–H groups in total. The first-order valence-corrected chi connectivity index (χ1v) is 8.33. The predicted molar refractivity (Wildman–Crippen MR) is 91.7 cm³/mol. The minimum Gasteiger partial charge on any atom is -0.497 e. The second-order valence-electron chi connectivity index (χ2n) is 5.02. The lowest BCUT2D eigenvalue weighted by Crippen LogP contribution is -1.97. The van der Waals surface area contributed by atoms with Crippen LogP contribution in [0, 0.1) is 0 Å². The van der Waals surface area contributed by atoms with Gasteiger partial charge in [-0.1, -0.05) is 30.0 Å². The van der Waals surface area contributed by atoms with Crippen molar-refractivity contribution in [2.45, 2.75) is 11.6 Å². The maximum Gasteiger partial charge on any atom is 0.191 e. The maximum absolute atomic E-state index is 5.27. The fraction of sp³-hybridized carbons (Fsp3) is 0.235. The number of aryl methyl sites for hydroxylation is 1. The van der Waals surface area contributed by atoms with E-state index in [1.54, 1.807) is 18.9 Å². The van der Waals surface area contributed by atoms with E-state index in [1.807, 2.05) is 60.3 Å². The summed E-state index contributed by atoms with van der Waals surface area (Å²) in [6, 6.07) is 13.8. The van der Waals surface area contributed by atoms with Gasteiger partial charge >= 0.3 is 0 Å². The molecule has 0 radical (unpaired) electrons. The average molecular weight is 326 g/mol. The number of methoxy groups -OCH3 is 1. The van der Waals surface area contributed by atoms with Gasteiger partial charge in [-0.3, -0.25) is 4.98 Å². The summed E-state index contributed by atoms with van der Waals surface area (Å²) in [5, 5.41) is 9.50. The lowest BCUT2D eigenvalue weighted by atomic mass is 10.2. The first-order valence-electron chi connectivity index (χ1n) is 7.34. The number of hydrogen-bond acceptors (Lipinski definition) is 5. The molecule has 1 aromatic carbocycles. The van der Waals surface area contributed by atoms with E-state index in [1.165, 1.54) is 0 Å². The summed E-state index contributed by atoms with van der Waals surface area (Å²) >= 11 is 1.69. The quantitative estimate of drug-likeness (QED) is 0.651. The molecule has 0 aliphatic heterocycles. The van der Waals surface area contributed by atoms with Crippen LogP contribution in [0.15, 0.2) is 53.8 Å². The van der Waals surface area contributed by atoms with Crippen molar-refractivity contribution < 1.29 is 4.74 Å². The zero-order valence-electron chi connectivity index (χ0n) is 13.1. The monoisotopic (exact) mass is 326 g/mol. The summed E-state index contributed by atoms with van der Waals surface area (Å²) in [6.07, 6.45) is 2.73. The van der Waals surface area contributed by atoms with Crippen LogP contribution in [-0.2, 0) is 13.5 Å². The molecule has 0 unspecified atom stereocenters. The van der Waals surface area contributed by atoms with Gasteiger partial charge in [-0.2, -0.15) is 0 Å². The molecule has 118 valence electrons. The van der Waals surface area contributed by atoms with Crippen molar-refractivity contribution in [1.82, 2.24) is 19.7 Å². The number of benzene rings is 1. The summed E-state index contributed by atoms with van der Waals surface area (Å²) in [5.74, 6) is 2.57. The first-order chi connectivity index (χ1) is 11.3. The summed E-state index contributed by atoms with van der Waals surface area (Å²) in [6.45, 7) is 0. The van der Waals surface area contributed by atoms with Crippen molar-refractivity contribution in [2.75, 3.05) is 12.9 Å². The third kappa shape index (κ3) is 3.71. The van der Waals surface area contributed by atoms with Crippen molar-refractivity contribution >= 4 is 11.8 Å². The van der Waals surface area contributed by atoms with Gasteiger partial charge in [-0.15, -0.1) is 10.2 Å². The molecule has 0 spiro atoms. The molecule has 0 bridgehead atoms. The zero-order valence-corrected chi connectivity index (χ0v) is 14.0. The molecule has 0 atom stereocenters. The Morgan fingerprint density at radius 2 is 2.04 bits per heavy atom. The summed E-state index contributed by atoms with van der Waals surface area (Å²) in [5.41, 5.74) is 2.09. The molecule has 2 aromatic heterocycles. The number of pyridine rings is 1. The van der Waals surface area contributed by atoms with Crippen LogP contribution in [-0.4, -0.2) is 32.6 Å². The highest BCUT2D eigenvalue weighted by atomic mass is 32.2. The Balaban J connectivity index is 1.69. The van der Waals surface area contributed by atoms with Gasteiger partial charge in [0, 0.05) is 30.3 Å². The van der Waals surface area contributed by atoms with Crippen LogP contribution >= 0.6 is 11.8 Å². The largest absolute Gasteiger partial charge is 0.497 e. The Morgan fingerprint density at radius 3 is 2.83 bits per heavy atom. The lowest BCUT2D eigenvalue weighted by molar-refractivity contribution is 0.415. The molecule has 23 heavy (non-hydrogen) atoms. The van der Waals surface area contributed by atoms with E-state index in [0.29, 0.717) is 0 Å². The van der Waals surface area contributed by atoms with Crippen LogP contribution < -0.4 is 4.74 Å². The third-order valence-corrected chi connectivity index (χ3v) is 4.50. The van der Waals surface area contributed by atoms with E-state index >= 15 is 0 Å². The topological polar surface area (TPSA) is 52.8 Å². The number of thioether (sulfide) groups is 1. The zero-order chi connectivity index (χ0) is 16.1.